The van der Waals surface area contributed by atoms with E-state index in [4.69, 9.17) is 4.42 Å². The van der Waals surface area contributed by atoms with Gasteiger partial charge in [0.05, 0.1) is 42.9 Å². The third kappa shape index (κ3) is 4.28. The molecule has 0 unspecified atom stereocenters. The molecule has 8 heteroatoms. The van der Waals surface area contributed by atoms with Crippen molar-refractivity contribution in [1.82, 2.24) is 15.1 Å². The molecule has 1 amide bonds. The zero-order valence-corrected chi connectivity index (χ0v) is 18.5. The van der Waals surface area contributed by atoms with Crippen molar-refractivity contribution in [1.29, 1.82) is 0 Å². The molecule has 1 aliphatic carbocycles. The fraction of sp³-hybridized carbons (Fsp3) is 0.650. The van der Waals surface area contributed by atoms with Gasteiger partial charge in [-0.2, -0.15) is 0 Å². The second-order valence-electron chi connectivity index (χ2n) is 7.97. The van der Waals surface area contributed by atoms with Gasteiger partial charge < -0.3 is 14.2 Å². The number of amides is 1. The van der Waals surface area contributed by atoms with Crippen molar-refractivity contribution < 1.29 is 14.1 Å². The molecule has 3 heterocycles. The van der Waals surface area contributed by atoms with E-state index in [1.807, 2.05) is 11.8 Å². The largest absolute Gasteiger partial charge is 0.410 e. The van der Waals surface area contributed by atoms with Crippen LogP contribution in [-0.2, 0) is 17.6 Å². The van der Waals surface area contributed by atoms with Crippen molar-refractivity contribution in [3.8, 4) is 10.8 Å². The Bertz CT molecular complexity index is 826. The predicted octanol–water partition coefficient (Wildman–Crippen LogP) is 2.15. The Morgan fingerprint density at radius 3 is 2.96 bits per heavy atom. The van der Waals surface area contributed by atoms with E-state index >= 15 is 0 Å². The zero-order valence-electron chi connectivity index (χ0n) is 16.9. The number of aromatic nitrogens is 2. The summed E-state index contributed by atoms with van der Waals surface area (Å²) >= 11 is 3.14. The standard InChI is InChI=1S/C20H28N4O2S2/c1-4-23-7-9-24(10-8-23)19(25)14(3)27-20-22-21-18(26-20)17-12-15-11-13(2)5-6-16(15)28-17/h12-14H,4-11H2,1-3H3/p+1/t13-,14+/m1/s1. The van der Waals surface area contributed by atoms with Crippen molar-refractivity contribution >= 4 is 29.0 Å². The minimum Gasteiger partial charge on any atom is -0.410 e. The van der Waals surface area contributed by atoms with Crippen LogP contribution in [0.4, 0.5) is 0 Å². The quantitative estimate of drug-likeness (QED) is 0.750. The van der Waals surface area contributed by atoms with Crippen molar-refractivity contribution in [2.24, 2.45) is 5.92 Å². The van der Waals surface area contributed by atoms with E-state index < -0.39 is 0 Å². The van der Waals surface area contributed by atoms with Crippen LogP contribution in [0.2, 0.25) is 0 Å². The van der Waals surface area contributed by atoms with Gasteiger partial charge in [0.25, 0.3) is 11.1 Å². The molecule has 2 aliphatic rings. The Kier molecular flexibility index (Phi) is 6.08. The number of carbonyl (C=O) groups is 1. The topological polar surface area (TPSA) is 63.7 Å². The van der Waals surface area contributed by atoms with Crippen LogP contribution in [0.3, 0.4) is 0 Å². The first-order valence-electron chi connectivity index (χ1n) is 10.3. The lowest BCUT2D eigenvalue weighted by atomic mass is 9.90. The predicted molar refractivity (Wildman–Crippen MR) is 112 cm³/mol. The van der Waals surface area contributed by atoms with Gasteiger partial charge in [0.1, 0.15) is 0 Å². The van der Waals surface area contributed by atoms with E-state index in [2.05, 4.69) is 30.1 Å². The molecular weight excluding hydrogens is 392 g/mol. The van der Waals surface area contributed by atoms with Gasteiger partial charge in [-0.1, -0.05) is 18.7 Å². The monoisotopic (exact) mass is 421 g/mol. The van der Waals surface area contributed by atoms with Crippen LogP contribution in [0.25, 0.3) is 10.8 Å². The third-order valence-electron chi connectivity index (χ3n) is 5.85. The number of hydrogen-bond donors (Lipinski definition) is 1. The minimum absolute atomic E-state index is 0.167. The number of likely N-dealkylation sites (N-methyl/N-ethyl adjacent to an activating group) is 1. The average Bonchev–Trinajstić information content (AvgIpc) is 3.33. The Morgan fingerprint density at radius 1 is 1.43 bits per heavy atom. The number of carbonyl (C=O) groups excluding carboxylic acids is 1. The molecule has 0 aromatic carbocycles. The number of hydrogen-bond acceptors (Lipinski definition) is 6. The summed E-state index contributed by atoms with van der Waals surface area (Å²) in [6, 6.07) is 2.21. The number of rotatable bonds is 5. The molecule has 152 valence electrons. The summed E-state index contributed by atoms with van der Waals surface area (Å²) in [7, 11) is 0. The summed E-state index contributed by atoms with van der Waals surface area (Å²) in [5.74, 6) is 1.49. The first-order chi connectivity index (χ1) is 13.5. The van der Waals surface area contributed by atoms with Crippen LogP contribution in [0, 0.1) is 5.92 Å². The molecule has 0 spiro atoms. The van der Waals surface area contributed by atoms with Gasteiger partial charge >= 0.3 is 0 Å². The fourth-order valence-corrected chi connectivity index (χ4v) is 5.92. The highest BCUT2D eigenvalue weighted by molar-refractivity contribution is 8.00. The molecule has 0 saturated carbocycles. The SMILES string of the molecule is CC[NH+]1CCN(C(=O)[C@H](C)Sc2nnc(-c3cc4c(s3)CC[C@@H](C)C4)o2)CC1. The average molecular weight is 422 g/mol. The van der Waals surface area contributed by atoms with E-state index in [9.17, 15) is 4.79 Å². The van der Waals surface area contributed by atoms with Gasteiger partial charge in [-0.3, -0.25) is 4.79 Å². The zero-order chi connectivity index (χ0) is 19.7. The molecule has 2 aromatic heterocycles. The maximum Gasteiger partial charge on any atom is 0.277 e. The second-order valence-corrected chi connectivity index (χ2v) is 10.4. The van der Waals surface area contributed by atoms with Gasteiger partial charge in [0, 0.05) is 4.88 Å². The van der Waals surface area contributed by atoms with Gasteiger partial charge in [0.2, 0.25) is 5.91 Å². The summed E-state index contributed by atoms with van der Waals surface area (Å²) in [6.45, 7) is 11.3. The van der Waals surface area contributed by atoms with Crippen molar-refractivity contribution in [3.63, 3.8) is 0 Å². The molecule has 1 aliphatic heterocycles. The van der Waals surface area contributed by atoms with Crippen LogP contribution in [-0.4, -0.2) is 59.0 Å². The number of nitrogens with one attached hydrogen (secondary N) is 1. The van der Waals surface area contributed by atoms with Gasteiger partial charge in [0.15, 0.2) is 0 Å². The first-order valence-corrected chi connectivity index (χ1v) is 12.0. The Labute approximate surface area is 174 Å². The van der Waals surface area contributed by atoms with E-state index in [0.29, 0.717) is 11.1 Å². The maximum atomic E-state index is 12.7. The van der Waals surface area contributed by atoms with E-state index in [-0.39, 0.29) is 11.2 Å². The van der Waals surface area contributed by atoms with E-state index in [0.717, 1.165) is 56.4 Å². The number of thiophene rings is 1. The fourth-order valence-electron chi connectivity index (χ4n) is 4.02. The first kappa shape index (κ1) is 19.9. The number of fused-ring (bicyclic) bond motifs is 1. The molecule has 2 atom stereocenters. The molecular formula is C20H29N4O2S2+. The number of piperazine rings is 1. The van der Waals surface area contributed by atoms with Crippen LogP contribution in [0.15, 0.2) is 15.7 Å². The summed E-state index contributed by atoms with van der Waals surface area (Å²) in [6.07, 6.45) is 3.54. The van der Waals surface area contributed by atoms with E-state index in [1.54, 1.807) is 16.2 Å². The van der Waals surface area contributed by atoms with Gasteiger partial charge in [-0.15, -0.1) is 21.5 Å². The smallest absolute Gasteiger partial charge is 0.277 e. The molecule has 1 N–H and O–H groups in total. The Balaban J connectivity index is 1.37. The molecule has 4 rings (SSSR count). The summed E-state index contributed by atoms with van der Waals surface area (Å²) in [4.78, 5) is 18.8. The minimum atomic E-state index is -0.214. The molecule has 1 fully saturated rings. The molecule has 6 nitrogen and oxygen atoms in total. The number of thioether (sulfide) groups is 1. The van der Waals surface area contributed by atoms with Crippen molar-refractivity contribution in [3.05, 3.63) is 16.5 Å². The van der Waals surface area contributed by atoms with Gasteiger partial charge in [-0.25, -0.2) is 0 Å². The summed E-state index contributed by atoms with van der Waals surface area (Å²) in [5, 5.41) is 8.69. The van der Waals surface area contributed by atoms with Crippen LogP contribution < -0.4 is 4.90 Å². The lowest BCUT2D eigenvalue weighted by Gasteiger charge is -2.32. The van der Waals surface area contributed by atoms with Crippen LogP contribution in [0.5, 0.6) is 0 Å². The molecule has 2 aromatic rings. The summed E-state index contributed by atoms with van der Waals surface area (Å²) < 4.78 is 5.89. The Hall–Kier alpha value is -1.38. The summed E-state index contributed by atoms with van der Waals surface area (Å²) in [5.41, 5.74) is 1.43. The molecule has 0 bridgehead atoms. The lowest BCUT2D eigenvalue weighted by molar-refractivity contribution is -0.902. The van der Waals surface area contributed by atoms with Crippen molar-refractivity contribution in [2.45, 2.75) is 50.5 Å². The highest BCUT2D eigenvalue weighted by Gasteiger charge is 2.28. The number of nitrogens with zero attached hydrogens (tertiary/aromatic N) is 3. The number of aryl methyl sites for hydroxylation is 1. The van der Waals surface area contributed by atoms with Crippen LogP contribution in [0.1, 0.15) is 37.6 Å². The van der Waals surface area contributed by atoms with Crippen LogP contribution >= 0.6 is 23.1 Å². The molecule has 0 radical (unpaired) electrons. The second kappa shape index (κ2) is 8.55. The Morgan fingerprint density at radius 2 is 2.21 bits per heavy atom. The van der Waals surface area contributed by atoms with Gasteiger partial charge in [-0.05, 0) is 50.7 Å². The third-order valence-corrected chi connectivity index (χ3v) is 8.00. The highest BCUT2D eigenvalue weighted by Crippen LogP contribution is 2.37. The number of quaternary nitrogens is 1. The molecule has 28 heavy (non-hydrogen) atoms. The maximum absolute atomic E-state index is 12.7. The van der Waals surface area contributed by atoms with Crippen molar-refractivity contribution in [2.75, 3.05) is 32.7 Å². The lowest BCUT2D eigenvalue weighted by Crippen LogP contribution is -3.14. The highest BCUT2D eigenvalue weighted by atomic mass is 32.2. The van der Waals surface area contributed by atoms with E-state index in [1.165, 1.54) is 28.6 Å². The normalized spacial score (nSPS) is 21.5. The molecule has 1 saturated heterocycles.